The maximum atomic E-state index is 13.1. The molecule has 2 amide bonds. The minimum absolute atomic E-state index is 0.0362. The highest BCUT2D eigenvalue weighted by atomic mass is 16.5. The molecule has 4 aliphatic rings. The van der Waals surface area contributed by atoms with Crippen LogP contribution in [0.25, 0.3) is 44.3 Å². The molecule has 246 valence electrons. The SMILES string of the molecule is O=C([C@@H]1CCCO1)N1CCC[C@H]1c1nc2cc(-c3ccc(-c4ccc5[nH]c([C@@H]6CCCN6C(=O)[C@@H]6CCCO6)nc5c4)cc3)ccc2[nH]1. The lowest BCUT2D eigenvalue weighted by Crippen LogP contribution is -2.38. The number of rotatable bonds is 6. The number of aromatic nitrogens is 4. The summed E-state index contributed by atoms with van der Waals surface area (Å²) in [5, 5.41) is 0. The Labute approximate surface area is 278 Å². The Balaban J connectivity index is 0.923. The first kappa shape index (κ1) is 29.6. The summed E-state index contributed by atoms with van der Waals surface area (Å²) >= 11 is 0. The van der Waals surface area contributed by atoms with E-state index in [1.165, 1.54) is 0 Å². The van der Waals surface area contributed by atoms with E-state index in [9.17, 15) is 9.59 Å². The summed E-state index contributed by atoms with van der Waals surface area (Å²) in [7, 11) is 0. The smallest absolute Gasteiger partial charge is 0.252 e. The summed E-state index contributed by atoms with van der Waals surface area (Å²) in [6.45, 7) is 2.85. The molecule has 3 aromatic carbocycles. The van der Waals surface area contributed by atoms with Gasteiger partial charge >= 0.3 is 0 Å². The number of H-pyrrole nitrogens is 2. The Bertz CT molecular complexity index is 1840. The quantitative estimate of drug-likeness (QED) is 0.219. The number of likely N-dealkylation sites (tertiary alicyclic amines) is 2. The van der Waals surface area contributed by atoms with Crippen molar-refractivity contribution in [2.45, 2.75) is 75.7 Å². The average Bonchev–Trinajstić information content (AvgIpc) is 3.97. The van der Waals surface area contributed by atoms with Crippen molar-refractivity contribution in [3.63, 3.8) is 0 Å². The Morgan fingerprint density at radius 3 is 1.44 bits per heavy atom. The second kappa shape index (κ2) is 12.2. The van der Waals surface area contributed by atoms with E-state index >= 15 is 0 Å². The number of carbonyl (C=O) groups excluding carboxylic acids is 2. The molecule has 2 N–H and O–H groups in total. The lowest BCUT2D eigenvalue weighted by Gasteiger charge is -2.25. The summed E-state index contributed by atoms with van der Waals surface area (Å²) < 4.78 is 11.4. The zero-order valence-electron chi connectivity index (χ0n) is 27.0. The predicted molar refractivity (Wildman–Crippen MR) is 182 cm³/mol. The highest BCUT2D eigenvalue weighted by Crippen LogP contribution is 2.36. The number of aromatic amines is 2. The average molecular weight is 645 g/mol. The van der Waals surface area contributed by atoms with Crippen molar-refractivity contribution in [2.75, 3.05) is 26.3 Å². The van der Waals surface area contributed by atoms with Gasteiger partial charge in [0.25, 0.3) is 11.8 Å². The molecule has 48 heavy (non-hydrogen) atoms. The van der Waals surface area contributed by atoms with Crippen molar-refractivity contribution in [2.24, 2.45) is 0 Å². The Hall–Kier alpha value is -4.54. The van der Waals surface area contributed by atoms with E-state index in [2.05, 4.69) is 70.6 Å². The molecule has 0 aliphatic carbocycles. The van der Waals surface area contributed by atoms with Crippen LogP contribution < -0.4 is 0 Å². The number of imidazole rings is 2. The van der Waals surface area contributed by atoms with Gasteiger partial charge in [0.2, 0.25) is 0 Å². The molecule has 5 aromatic rings. The molecule has 10 heteroatoms. The highest BCUT2D eigenvalue weighted by molar-refractivity contribution is 5.86. The van der Waals surface area contributed by atoms with Crippen LogP contribution in [0, 0.1) is 0 Å². The Morgan fingerprint density at radius 1 is 0.583 bits per heavy atom. The molecule has 4 saturated heterocycles. The van der Waals surface area contributed by atoms with E-state index in [4.69, 9.17) is 19.4 Å². The molecule has 4 fully saturated rings. The number of carbonyl (C=O) groups is 2. The Kier molecular flexibility index (Phi) is 7.50. The van der Waals surface area contributed by atoms with Crippen LogP contribution in [0.4, 0.5) is 0 Å². The monoisotopic (exact) mass is 644 g/mol. The van der Waals surface area contributed by atoms with Crippen LogP contribution in [0.2, 0.25) is 0 Å². The van der Waals surface area contributed by atoms with Crippen LogP contribution >= 0.6 is 0 Å². The van der Waals surface area contributed by atoms with Gasteiger partial charge in [0.15, 0.2) is 0 Å². The maximum absolute atomic E-state index is 13.1. The van der Waals surface area contributed by atoms with Crippen LogP contribution in [0.3, 0.4) is 0 Å². The fourth-order valence-electron chi connectivity index (χ4n) is 8.13. The summed E-state index contributed by atoms with van der Waals surface area (Å²) in [6.07, 6.45) is 6.67. The number of hydrogen-bond donors (Lipinski definition) is 2. The molecule has 10 nitrogen and oxygen atoms in total. The topological polar surface area (TPSA) is 116 Å². The first-order valence-electron chi connectivity index (χ1n) is 17.5. The van der Waals surface area contributed by atoms with Gasteiger partial charge in [0.05, 0.1) is 34.2 Å². The molecule has 0 spiro atoms. The van der Waals surface area contributed by atoms with Crippen molar-refractivity contribution in [1.29, 1.82) is 0 Å². The number of amides is 2. The first-order valence-corrected chi connectivity index (χ1v) is 17.5. The van der Waals surface area contributed by atoms with E-state index in [0.717, 1.165) is 120 Å². The second-order valence-electron chi connectivity index (χ2n) is 13.7. The fraction of sp³-hybridized carbons (Fsp3) is 0.421. The lowest BCUT2D eigenvalue weighted by atomic mass is 10.00. The maximum Gasteiger partial charge on any atom is 0.252 e. The zero-order chi connectivity index (χ0) is 32.2. The number of fused-ring (bicyclic) bond motifs is 2. The van der Waals surface area contributed by atoms with Crippen LogP contribution in [0.1, 0.15) is 75.1 Å². The third-order valence-corrected chi connectivity index (χ3v) is 10.7. The van der Waals surface area contributed by atoms with E-state index in [0.29, 0.717) is 13.2 Å². The van der Waals surface area contributed by atoms with Gasteiger partial charge in [-0.25, -0.2) is 9.97 Å². The van der Waals surface area contributed by atoms with Gasteiger partial charge in [-0.05, 0) is 97.9 Å². The van der Waals surface area contributed by atoms with Crippen molar-refractivity contribution >= 4 is 33.9 Å². The van der Waals surface area contributed by atoms with Gasteiger partial charge in [0, 0.05) is 26.3 Å². The van der Waals surface area contributed by atoms with Crippen molar-refractivity contribution < 1.29 is 19.1 Å². The second-order valence-corrected chi connectivity index (χ2v) is 13.7. The van der Waals surface area contributed by atoms with Crippen molar-refractivity contribution in [1.82, 2.24) is 29.7 Å². The fourth-order valence-corrected chi connectivity index (χ4v) is 8.13. The van der Waals surface area contributed by atoms with E-state index in [1.54, 1.807) is 0 Å². The van der Waals surface area contributed by atoms with Crippen LogP contribution in [-0.4, -0.2) is 80.1 Å². The van der Waals surface area contributed by atoms with Crippen molar-refractivity contribution in [3.05, 3.63) is 72.3 Å². The van der Waals surface area contributed by atoms with Crippen LogP contribution in [-0.2, 0) is 19.1 Å². The van der Waals surface area contributed by atoms with Crippen LogP contribution in [0.5, 0.6) is 0 Å². The van der Waals surface area contributed by atoms with Gasteiger partial charge in [-0.15, -0.1) is 0 Å². The minimum Gasteiger partial charge on any atom is -0.368 e. The number of nitrogens with one attached hydrogen (secondary N) is 2. The predicted octanol–water partition coefficient (Wildman–Crippen LogP) is 6.46. The zero-order valence-corrected chi connectivity index (χ0v) is 27.0. The molecule has 2 aromatic heterocycles. The number of benzene rings is 3. The first-order chi connectivity index (χ1) is 23.6. The van der Waals surface area contributed by atoms with E-state index < -0.39 is 0 Å². The lowest BCUT2D eigenvalue weighted by molar-refractivity contribution is -0.142. The van der Waals surface area contributed by atoms with Gasteiger partial charge < -0.3 is 29.2 Å². The van der Waals surface area contributed by atoms with Gasteiger partial charge in [-0.3, -0.25) is 9.59 Å². The molecule has 0 unspecified atom stereocenters. The summed E-state index contributed by atoms with van der Waals surface area (Å²) in [5.74, 6) is 1.91. The summed E-state index contributed by atoms with van der Waals surface area (Å²) in [6, 6.07) is 21.2. The third kappa shape index (κ3) is 5.27. The molecule has 0 saturated carbocycles. The van der Waals surface area contributed by atoms with Gasteiger partial charge in [0.1, 0.15) is 23.9 Å². The molecule has 4 aliphatic heterocycles. The Morgan fingerprint density at radius 2 is 1.02 bits per heavy atom. The molecule has 9 rings (SSSR count). The molecular formula is C38H40N6O4. The molecular weight excluding hydrogens is 604 g/mol. The minimum atomic E-state index is -0.306. The van der Waals surface area contributed by atoms with E-state index in [-0.39, 0.29) is 36.1 Å². The molecule has 6 heterocycles. The molecule has 0 radical (unpaired) electrons. The highest BCUT2D eigenvalue weighted by Gasteiger charge is 2.38. The standard InChI is InChI=1S/C38H40N6O4/c45-37(33-7-3-19-47-33)43-17-1-5-31(43)35-39-27-15-13-25(21-29(27)41-35)23-9-11-24(12-10-23)26-14-16-28-30(22-26)42-36(40-28)32-6-2-18-44(32)38(46)34-8-4-20-48-34/h9-16,21-22,31-34H,1-8,17-20H2,(H,39,41)(H,40,42)/t31-,32-,33-,34-/m0/s1. The van der Waals surface area contributed by atoms with E-state index in [1.807, 2.05) is 9.80 Å². The largest absolute Gasteiger partial charge is 0.368 e. The molecule has 0 bridgehead atoms. The van der Waals surface area contributed by atoms with Gasteiger partial charge in [-0.1, -0.05) is 36.4 Å². The third-order valence-electron chi connectivity index (χ3n) is 10.7. The number of nitrogens with zero attached hydrogens (tertiary/aromatic N) is 4. The number of hydrogen-bond acceptors (Lipinski definition) is 6. The number of ether oxygens (including phenoxy) is 2. The van der Waals surface area contributed by atoms with Crippen LogP contribution in [0.15, 0.2) is 60.7 Å². The molecule has 4 atom stereocenters. The summed E-state index contributed by atoms with van der Waals surface area (Å²) in [5.41, 5.74) is 8.18. The van der Waals surface area contributed by atoms with Gasteiger partial charge in [-0.2, -0.15) is 0 Å². The van der Waals surface area contributed by atoms with Crippen molar-refractivity contribution in [3.8, 4) is 22.3 Å². The summed E-state index contributed by atoms with van der Waals surface area (Å²) in [4.78, 5) is 47.2. The normalized spacial score (nSPS) is 24.4.